The van der Waals surface area contributed by atoms with Gasteiger partial charge in [-0.15, -0.1) is 11.3 Å². The second-order valence-electron chi connectivity index (χ2n) is 3.93. The number of benzene rings is 1. The number of thiophene rings is 1. The van der Waals surface area contributed by atoms with Gasteiger partial charge in [0, 0.05) is 9.75 Å². The molecule has 0 aliphatic heterocycles. The Morgan fingerprint density at radius 3 is 2.71 bits per heavy atom. The van der Waals surface area contributed by atoms with Crippen molar-refractivity contribution in [1.82, 2.24) is 5.32 Å². The third kappa shape index (κ3) is 2.73. The molecule has 0 aliphatic rings. The predicted molar refractivity (Wildman–Crippen MR) is 71.0 cm³/mol. The summed E-state index contributed by atoms with van der Waals surface area (Å²) in [5, 5.41) is 3.24. The Balaban J connectivity index is 2.33. The molecule has 0 bridgehead atoms. The maximum Gasteiger partial charge on any atom is 0.123 e. The van der Waals surface area contributed by atoms with Crippen LogP contribution in [-0.4, -0.2) is 7.05 Å². The first-order chi connectivity index (χ1) is 8.24. The number of hydrogen-bond donors (Lipinski definition) is 1. The summed E-state index contributed by atoms with van der Waals surface area (Å²) in [6, 6.07) is 11.1. The molecule has 1 nitrogen and oxygen atoms in total. The fraction of sp³-hybridized carbons (Fsp3) is 0.286. The minimum atomic E-state index is -0.185. The number of rotatable bonds is 4. The zero-order valence-corrected chi connectivity index (χ0v) is 10.9. The fourth-order valence-corrected chi connectivity index (χ4v) is 2.99. The molecule has 2 rings (SSSR count). The van der Waals surface area contributed by atoms with E-state index in [0.717, 1.165) is 12.0 Å². The third-order valence-electron chi connectivity index (χ3n) is 2.79. The lowest BCUT2D eigenvalue weighted by atomic mass is 10.1. The number of halogens is 1. The topological polar surface area (TPSA) is 12.0 Å². The van der Waals surface area contributed by atoms with Crippen LogP contribution in [0.25, 0.3) is 0 Å². The Morgan fingerprint density at radius 2 is 2.12 bits per heavy atom. The lowest BCUT2D eigenvalue weighted by molar-refractivity contribution is 0.618. The van der Waals surface area contributed by atoms with Crippen LogP contribution in [0.2, 0.25) is 0 Å². The minimum Gasteiger partial charge on any atom is -0.309 e. The summed E-state index contributed by atoms with van der Waals surface area (Å²) in [4.78, 5) is 2.59. The van der Waals surface area contributed by atoms with Gasteiger partial charge in [0.25, 0.3) is 0 Å². The van der Waals surface area contributed by atoms with Gasteiger partial charge < -0.3 is 5.32 Å². The molecule has 3 heteroatoms. The molecule has 1 atom stereocenters. The summed E-state index contributed by atoms with van der Waals surface area (Å²) >= 11 is 1.78. The first kappa shape index (κ1) is 12.3. The molecule has 0 saturated heterocycles. The summed E-state index contributed by atoms with van der Waals surface area (Å²) < 4.78 is 13.2. The highest BCUT2D eigenvalue weighted by atomic mass is 32.1. The summed E-state index contributed by atoms with van der Waals surface area (Å²) in [6.45, 7) is 2.15. The average Bonchev–Trinajstić information content (AvgIpc) is 2.79. The van der Waals surface area contributed by atoms with E-state index < -0.39 is 0 Å². The monoisotopic (exact) mass is 249 g/mol. The summed E-state index contributed by atoms with van der Waals surface area (Å²) in [5.41, 5.74) is 0.969. The van der Waals surface area contributed by atoms with Gasteiger partial charge in [-0.05, 0) is 43.3 Å². The van der Waals surface area contributed by atoms with Crippen LogP contribution in [0.3, 0.4) is 0 Å². The number of hydrogen-bond acceptors (Lipinski definition) is 2. The van der Waals surface area contributed by atoms with E-state index in [1.54, 1.807) is 23.5 Å². The van der Waals surface area contributed by atoms with Crippen molar-refractivity contribution in [2.45, 2.75) is 19.4 Å². The molecule has 0 amide bonds. The molecule has 0 spiro atoms. The Morgan fingerprint density at radius 1 is 1.29 bits per heavy atom. The Bertz CT molecular complexity index is 492. The van der Waals surface area contributed by atoms with Gasteiger partial charge in [0.05, 0.1) is 6.04 Å². The molecule has 0 aliphatic carbocycles. The Hall–Kier alpha value is -1.19. The first-order valence-corrected chi connectivity index (χ1v) is 6.57. The Labute approximate surface area is 105 Å². The summed E-state index contributed by atoms with van der Waals surface area (Å²) in [7, 11) is 1.90. The van der Waals surface area contributed by atoms with Crippen molar-refractivity contribution < 1.29 is 4.39 Å². The van der Waals surface area contributed by atoms with Gasteiger partial charge in [-0.2, -0.15) is 0 Å². The normalized spacial score (nSPS) is 12.6. The zero-order chi connectivity index (χ0) is 12.3. The van der Waals surface area contributed by atoms with Gasteiger partial charge in [0.2, 0.25) is 0 Å². The van der Waals surface area contributed by atoms with E-state index in [1.807, 2.05) is 13.1 Å². The van der Waals surface area contributed by atoms with Gasteiger partial charge in [-0.25, -0.2) is 4.39 Å². The van der Waals surface area contributed by atoms with Crippen LogP contribution < -0.4 is 5.32 Å². The molecule has 1 aromatic heterocycles. The lowest BCUT2D eigenvalue weighted by Gasteiger charge is -2.14. The molecular formula is C14H16FNS. The second kappa shape index (κ2) is 5.43. The summed E-state index contributed by atoms with van der Waals surface area (Å²) in [5.74, 6) is -0.185. The van der Waals surface area contributed by atoms with E-state index in [2.05, 4.69) is 24.4 Å². The fourth-order valence-electron chi connectivity index (χ4n) is 1.90. The smallest absolute Gasteiger partial charge is 0.123 e. The molecule has 1 heterocycles. The molecule has 90 valence electrons. The number of nitrogens with one attached hydrogen (secondary N) is 1. The SMILES string of the molecule is CCc1ccc(C(NC)c2cccc(F)c2)s1. The molecule has 1 N–H and O–H groups in total. The highest BCUT2D eigenvalue weighted by molar-refractivity contribution is 7.12. The van der Waals surface area contributed by atoms with Crippen LogP contribution in [0.5, 0.6) is 0 Å². The third-order valence-corrected chi connectivity index (χ3v) is 4.08. The zero-order valence-electron chi connectivity index (χ0n) is 10.0. The van der Waals surface area contributed by atoms with Crippen molar-refractivity contribution in [3.8, 4) is 0 Å². The van der Waals surface area contributed by atoms with E-state index in [4.69, 9.17) is 0 Å². The standard InChI is InChI=1S/C14H16FNS/c1-3-12-7-8-13(17-12)14(16-2)10-5-4-6-11(15)9-10/h4-9,14,16H,3H2,1-2H3. The van der Waals surface area contributed by atoms with Gasteiger partial charge in [0.1, 0.15) is 5.82 Å². The lowest BCUT2D eigenvalue weighted by Crippen LogP contribution is -2.16. The molecule has 17 heavy (non-hydrogen) atoms. The van der Waals surface area contributed by atoms with Crippen molar-refractivity contribution in [3.05, 3.63) is 57.5 Å². The van der Waals surface area contributed by atoms with Crippen LogP contribution in [-0.2, 0) is 6.42 Å². The average molecular weight is 249 g/mol. The molecule has 1 unspecified atom stereocenters. The largest absolute Gasteiger partial charge is 0.309 e. The van der Waals surface area contributed by atoms with Gasteiger partial charge >= 0.3 is 0 Å². The van der Waals surface area contributed by atoms with Gasteiger partial charge in [-0.1, -0.05) is 19.1 Å². The molecule has 1 aromatic carbocycles. The van der Waals surface area contributed by atoms with Gasteiger partial charge in [-0.3, -0.25) is 0 Å². The first-order valence-electron chi connectivity index (χ1n) is 5.76. The van der Waals surface area contributed by atoms with Crippen molar-refractivity contribution in [3.63, 3.8) is 0 Å². The molecule has 0 radical (unpaired) electrons. The van der Waals surface area contributed by atoms with Crippen LogP contribution in [0.15, 0.2) is 36.4 Å². The number of aryl methyl sites for hydroxylation is 1. The molecular weight excluding hydrogens is 233 g/mol. The quantitative estimate of drug-likeness (QED) is 0.870. The predicted octanol–water partition coefficient (Wildman–Crippen LogP) is 3.76. The van der Waals surface area contributed by atoms with E-state index in [1.165, 1.54) is 15.8 Å². The van der Waals surface area contributed by atoms with Crippen molar-refractivity contribution in [2.75, 3.05) is 7.05 Å². The Kier molecular flexibility index (Phi) is 3.92. The maximum absolute atomic E-state index is 13.2. The van der Waals surface area contributed by atoms with Crippen molar-refractivity contribution in [2.24, 2.45) is 0 Å². The minimum absolute atomic E-state index is 0.0796. The van der Waals surface area contributed by atoms with E-state index in [0.29, 0.717) is 0 Å². The molecule has 0 fully saturated rings. The van der Waals surface area contributed by atoms with Crippen LogP contribution in [0.4, 0.5) is 4.39 Å². The van der Waals surface area contributed by atoms with Crippen LogP contribution in [0.1, 0.15) is 28.3 Å². The van der Waals surface area contributed by atoms with Crippen LogP contribution >= 0.6 is 11.3 Å². The highest BCUT2D eigenvalue weighted by Crippen LogP contribution is 2.28. The highest BCUT2D eigenvalue weighted by Gasteiger charge is 2.14. The van der Waals surface area contributed by atoms with Gasteiger partial charge in [0.15, 0.2) is 0 Å². The van der Waals surface area contributed by atoms with E-state index in [-0.39, 0.29) is 11.9 Å². The second-order valence-corrected chi connectivity index (χ2v) is 5.13. The summed E-state index contributed by atoms with van der Waals surface area (Å²) in [6.07, 6.45) is 1.05. The van der Waals surface area contributed by atoms with Crippen molar-refractivity contribution >= 4 is 11.3 Å². The van der Waals surface area contributed by atoms with Crippen molar-refractivity contribution in [1.29, 1.82) is 0 Å². The molecule has 0 saturated carbocycles. The van der Waals surface area contributed by atoms with E-state index in [9.17, 15) is 4.39 Å². The van der Waals surface area contributed by atoms with E-state index >= 15 is 0 Å². The molecule has 2 aromatic rings. The maximum atomic E-state index is 13.2. The van der Waals surface area contributed by atoms with Crippen LogP contribution in [0, 0.1) is 5.82 Å².